The van der Waals surface area contributed by atoms with Gasteiger partial charge in [0.2, 0.25) is 0 Å². The van der Waals surface area contributed by atoms with Crippen molar-refractivity contribution in [1.82, 2.24) is 9.88 Å². The zero-order chi connectivity index (χ0) is 18.6. The van der Waals surface area contributed by atoms with E-state index < -0.39 is 6.10 Å². The molecule has 0 bridgehead atoms. The lowest BCUT2D eigenvalue weighted by Crippen LogP contribution is -2.47. The number of rotatable bonds is 5. The van der Waals surface area contributed by atoms with Crippen molar-refractivity contribution in [2.24, 2.45) is 0 Å². The van der Waals surface area contributed by atoms with Crippen LogP contribution >= 0.6 is 11.3 Å². The second-order valence-corrected chi connectivity index (χ2v) is 7.45. The second-order valence-electron chi connectivity index (χ2n) is 6.42. The third kappa shape index (κ3) is 4.27. The molecule has 2 heterocycles. The average molecular weight is 383 g/mol. The minimum absolute atomic E-state index is 0.154. The smallest absolute Gasteiger partial charge is 0.256 e. The number of benzene rings is 2. The summed E-state index contributed by atoms with van der Waals surface area (Å²) in [7, 11) is 1.63. The number of aromatic nitrogens is 1. The first-order valence-electron chi connectivity index (χ1n) is 8.84. The van der Waals surface area contributed by atoms with Gasteiger partial charge in [0.05, 0.1) is 23.9 Å². The number of nitrogens with one attached hydrogen (secondary N) is 1. The van der Waals surface area contributed by atoms with Gasteiger partial charge < -0.3 is 9.47 Å². The third-order valence-corrected chi connectivity index (χ3v) is 5.45. The van der Waals surface area contributed by atoms with Crippen LogP contribution in [0.5, 0.6) is 5.75 Å². The minimum atomic E-state index is -0.496. The number of carbonyl (C=O) groups is 1. The molecule has 1 atom stereocenters. The Kier molecular flexibility index (Phi) is 5.33. The predicted octanol–water partition coefficient (Wildman–Crippen LogP) is 3.14. The van der Waals surface area contributed by atoms with E-state index in [-0.39, 0.29) is 5.91 Å². The zero-order valence-corrected chi connectivity index (χ0v) is 15.9. The highest BCUT2D eigenvalue weighted by Crippen LogP contribution is 2.29. The summed E-state index contributed by atoms with van der Waals surface area (Å²) in [6.07, 6.45) is -0.496. The lowest BCUT2D eigenvalue weighted by molar-refractivity contribution is -0.133. The maximum atomic E-state index is 12.6. The molecule has 0 aliphatic carbocycles. The molecule has 1 N–H and O–H groups in total. The number of carbonyl (C=O) groups excluding carboxylic acids is 1. The Bertz CT molecular complexity index is 929. The Morgan fingerprint density at radius 1 is 1.33 bits per heavy atom. The molecule has 3 aromatic rings. The van der Waals surface area contributed by atoms with Crippen LogP contribution in [0.1, 0.15) is 5.56 Å². The molecule has 140 valence electrons. The van der Waals surface area contributed by atoms with Gasteiger partial charge >= 0.3 is 0 Å². The van der Waals surface area contributed by atoms with Crippen molar-refractivity contribution in [2.75, 3.05) is 32.1 Å². The van der Waals surface area contributed by atoms with E-state index in [9.17, 15) is 4.79 Å². The minimum Gasteiger partial charge on any atom is -0.497 e. The molecule has 1 aliphatic heterocycles. The van der Waals surface area contributed by atoms with Gasteiger partial charge in [-0.15, -0.1) is 0 Å². The summed E-state index contributed by atoms with van der Waals surface area (Å²) in [5.74, 6) is 0.620. The molecule has 1 saturated heterocycles. The van der Waals surface area contributed by atoms with Crippen LogP contribution in [-0.2, 0) is 16.1 Å². The van der Waals surface area contributed by atoms with Crippen LogP contribution in [0.3, 0.4) is 0 Å². The van der Waals surface area contributed by atoms with E-state index in [4.69, 9.17) is 9.47 Å². The van der Waals surface area contributed by atoms with E-state index in [2.05, 4.69) is 27.3 Å². The number of hydrogen-bond acceptors (Lipinski definition) is 6. The number of methoxy groups -OCH3 is 1. The molecule has 2 aromatic carbocycles. The van der Waals surface area contributed by atoms with E-state index >= 15 is 0 Å². The van der Waals surface area contributed by atoms with Crippen LogP contribution < -0.4 is 10.1 Å². The molecule has 0 spiro atoms. The monoisotopic (exact) mass is 383 g/mol. The van der Waals surface area contributed by atoms with Gasteiger partial charge in [0.15, 0.2) is 5.13 Å². The molecule has 0 radical (unpaired) electrons. The number of anilines is 1. The quantitative estimate of drug-likeness (QED) is 0.733. The van der Waals surface area contributed by atoms with Crippen molar-refractivity contribution in [3.8, 4) is 5.75 Å². The number of nitrogens with zero attached hydrogens (tertiary/aromatic N) is 2. The molecule has 7 heteroatoms. The first-order valence-corrected chi connectivity index (χ1v) is 9.66. The number of morpholine rings is 1. The maximum absolute atomic E-state index is 12.6. The first-order chi connectivity index (χ1) is 13.2. The number of ether oxygens (including phenoxy) is 2. The van der Waals surface area contributed by atoms with Crippen molar-refractivity contribution >= 4 is 32.6 Å². The molecule has 1 fully saturated rings. The van der Waals surface area contributed by atoms with Crippen molar-refractivity contribution in [3.05, 3.63) is 54.1 Å². The van der Waals surface area contributed by atoms with E-state index in [1.54, 1.807) is 7.11 Å². The lowest BCUT2D eigenvalue weighted by atomic mass is 10.2. The molecule has 4 rings (SSSR count). The summed E-state index contributed by atoms with van der Waals surface area (Å²) < 4.78 is 11.9. The third-order valence-electron chi connectivity index (χ3n) is 4.52. The number of fused-ring (bicyclic) bond motifs is 1. The van der Waals surface area contributed by atoms with Gasteiger partial charge in [-0.1, -0.05) is 41.7 Å². The van der Waals surface area contributed by atoms with Crippen LogP contribution in [0.4, 0.5) is 5.13 Å². The summed E-state index contributed by atoms with van der Waals surface area (Å²) in [5, 5.41) is 3.47. The summed E-state index contributed by atoms with van der Waals surface area (Å²) >= 11 is 1.43. The van der Waals surface area contributed by atoms with Gasteiger partial charge in [-0.25, -0.2) is 4.98 Å². The van der Waals surface area contributed by atoms with E-state index in [0.29, 0.717) is 18.3 Å². The SMILES string of the molecule is COc1ccc2nc(NC(=O)C3CN(Cc4ccccc4)CCO3)sc2c1. The van der Waals surface area contributed by atoms with Gasteiger partial charge in [0.25, 0.3) is 5.91 Å². The van der Waals surface area contributed by atoms with Crippen LogP contribution in [0.2, 0.25) is 0 Å². The van der Waals surface area contributed by atoms with Gasteiger partial charge in [0.1, 0.15) is 11.9 Å². The normalized spacial score (nSPS) is 17.7. The molecular formula is C20H21N3O3S. The Morgan fingerprint density at radius 2 is 2.19 bits per heavy atom. The largest absolute Gasteiger partial charge is 0.497 e. The van der Waals surface area contributed by atoms with Gasteiger partial charge in [-0.3, -0.25) is 15.0 Å². The van der Waals surface area contributed by atoms with Gasteiger partial charge in [0, 0.05) is 19.6 Å². The summed E-state index contributed by atoms with van der Waals surface area (Å²) in [6, 6.07) is 15.9. The Hall–Kier alpha value is -2.48. The fourth-order valence-electron chi connectivity index (χ4n) is 3.12. The summed E-state index contributed by atoms with van der Waals surface area (Å²) in [5.41, 5.74) is 2.07. The molecule has 27 heavy (non-hydrogen) atoms. The number of hydrogen-bond donors (Lipinski definition) is 1. The molecular weight excluding hydrogens is 362 g/mol. The Labute approximate surface area is 161 Å². The number of amides is 1. The van der Waals surface area contributed by atoms with Gasteiger partial charge in [-0.05, 0) is 23.8 Å². The lowest BCUT2D eigenvalue weighted by Gasteiger charge is -2.31. The highest BCUT2D eigenvalue weighted by atomic mass is 32.1. The summed E-state index contributed by atoms with van der Waals surface area (Å²) in [4.78, 5) is 19.4. The van der Waals surface area contributed by atoms with E-state index in [1.807, 2.05) is 36.4 Å². The predicted molar refractivity (Wildman–Crippen MR) is 106 cm³/mol. The molecule has 0 saturated carbocycles. The fraction of sp³-hybridized carbons (Fsp3) is 0.300. The van der Waals surface area contributed by atoms with Crippen LogP contribution in [-0.4, -0.2) is 48.7 Å². The van der Waals surface area contributed by atoms with E-state index in [0.717, 1.165) is 29.1 Å². The van der Waals surface area contributed by atoms with Crippen molar-refractivity contribution in [2.45, 2.75) is 12.6 Å². The summed E-state index contributed by atoms with van der Waals surface area (Å²) in [6.45, 7) is 2.75. The molecule has 1 aliphatic rings. The zero-order valence-electron chi connectivity index (χ0n) is 15.1. The van der Waals surface area contributed by atoms with E-state index in [1.165, 1.54) is 16.9 Å². The molecule has 6 nitrogen and oxygen atoms in total. The van der Waals surface area contributed by atoms with Crippen molar-refractivity contribution in [1.29, 1.82) is 0 Å². The van der Waals surface area contributed by atoms with Crippen LogP contribution in [0, 0.1) is 0 Å². The second kappa shape index (κ2) is 8.04. The molecule has 1 amide bonds. The Balaban J connectivity index is 1.40. The number of thiazole rings is 1. The van der Waals surface area contributed by atoms with Crippen LogP contribution in [0.25, 0.3) is 10.2 Å². The maximum Gasteiger partial charge on any atom is 0.256 e. The van der Waals surface area contributed by atoms with Crippen LogP contribution in [0.15, 0.2) is 48.5 Å². The average Bonchev–Trinajstić information content (AvgIpc) is 3.10. The first kappa shape index (κ1) is 17.9. The topological polar surface area (TPSA) is 63.7 Å². The fourth-order valence-corrected chi connectivity index (χ4v) is 4.01. The Morgan fingerprint density at radius 3 is 3.00 bits per heavy atom. The standard InChI is InChI=1S/C20H21N3O3S/c1-25-15-7-8-16-18(11-15)27-20(21-16)22-19(24)17-13-23(9-10-26-17)12-14-5-3-2-4-6-14/h2-8,11,17H,9-10,12-13H2,1H3,(H,21,22,24). The molecule has 1 aromatic heterocycles. The van der Waals surface area contributed by atoms with Crippen molar-refractivity contribution in [3.63, 3.8) is 0 Å². The molecule has 1 unspecified atom stereocenters. The highest BCUT2D eigenvalue weighted by Gasteiger charge is 2.27. The van der Waals surface area contributed by atoms with Crippen molar-refractivity contribution < 1.29 is 14.3 Å². The van der Waals surface area contributed by atoms with Gasteiger partial charge in [-0.2, -0.15) is 0 Å². The highest BCUT2D eigenvalue weighted by molar-refractivity contribution is 7.22.